The van der Waals surface area contributed by atoms with Crippen molar-refractivity contribution in [3.63, 3.8) is 0 Å². The van der Waals surface area contributed by atoms with Crippen LogP contribution in [-0.4, -0.2) is 16.7 Å². The number of rotatable bonds is 2. The van der Waals surface area contributed by atoms with E-state index in [2.05, 4.69) is 11.2 Å². The van der Waals surface area contributed by atoms with Crippen LogP contribution in [0.15, 0.2) is 41.3 Å². The van der Waals surface area contributed by atoms with Gasteiger partial charge in [0.1, 0.15) is 5.88 Å². The Bertz CT molecular complexity index is 511. The van der Waals surface area contributed by atoms with E-state index in [4.69, 9.17) is 4.74 Å². The summed E-state index contributed by atoms with van der Waals surface area (Å²) in [6, 6.07) is 9.25. The number of aromatic nitrogens is 2. The van der Waals surface area contributed by atoms with Gasteiger partial charge in [0.2, 0.25) is 5.56 Å². The van der Waals surface area contributed by atoms with Crippen LogP contribution in [0.4, 0.5) is 0 Å². The van der Waals surface area contributed by atoms with Crippen molar-refractivity contribution >= 4 is 0 Å². The molecule has 0 saturated carbocycles. The summed E-state index contributed by atoms with van der Waals surface area (Å²) in [5.74, 6) is 0.0429. The maximum Gasteiger partial charge on any atom is 0.231 e. The average Bonchev–Trinajstić information content (AvgIpc) is 2.30. The standard InChI is InChI=1S/C11H9N2O2.Rh/c1-15-10-11(14)13(8-7-12-10)9-5-3-2-4-6-9;/h2-6,8H,1H3;/q-1;. The molecule has 0 N–H and O–H groups in total. The van der Waals surface area contributed by atoms with Gasteiger partial charge in [-0.25, -0.2) is 0 Å². The Hall–Kier alpha value is -1.48. The molecule has 0 aliphatic rings. The first-order chi connectivity index (χ1) is 7.33. The number of hydrogen-bond donors (Lipinski definition) is 0. The van der Waals surface area contributed by atoms with E-state index in [9.17, 15) is 4.79 Å². The minimum absolute atomic E-state index is 0. The third kappa shape index (κ3) is 2.36. The number of nitrogens with zero attached hydrogens (tertiary/aromatic N) is 2. The number of ether oxygens (including phenoxy) is 1. The quantitative estimate of drug-likeness (QED) is 0.615. The van der Waals surface area contributed by atoms with Crippen molar-refractivity contribution in [2.45, 2.75) is 0 Å². The molecule has 1 aromatic carbocycles. The van der Waals surface area contributed by atoms with Gasteiger partial charge in [0.15, 0.2) is 0 Å². The molecular formula is C11H9N2O2Rh-. The zero-order valence-corrected chi connectivity index (χ0v) is 10.1. The number of benzene rings is 1. The normalized spacial score (nSPS) is 9.31. The van der Waals surface area contributed by atoms with Crippen LogP contribution in [0.25, 0.3) is 5.69 Å². The zero-order chi connectivity index (χ0) is 10.7. The predicted octanol–water partition coefficient (Wildman–Crippen LogP) is 1.04. The van der Waals surface area contributed by atoms with Crippen molar-refractivity contribution in [2.24, 2.45) is 0 Å². The van der Waals surface area contributed by atoms with Crippen LogP contribution in [0.2, 0.25) is 0 Å². The fraction of sp³-hybridized carbons (Fsp3) is 0.0909. The van der Waals surface area contributed by atoms with Crippen molar-refractivity contribution in [3.05, 3.63) is 53.1 Å². The first-order valence-electron chi connectivity index (χ1n) is 4.42. The molecule has 1 heterocycles. The van der Waals surface area contributed by atoms with Crippen LogP contribution in [0.1, 0.15) is 0 Å². The Labute approximate surface area is 106 Å². The van der Waals surface area contributed by atoms with Gasteiger partial charge >= 0.3 is 0 Å². The molecule has 0 fully saturated rings. The van der Waals surface area contributed by atoms with Crippen LogP contribution in [0, 0.1) is 6.20 Å². The van der Waals surface area contributed by atoms with Gasteiger partial charge in [-0.15, -0.1) is 6.20 Å². The van der Waals surface area contributed by atoms with E-state index in [1.54, 1.807) is 0 Å². The van der Waals surface area contributed by atoms with Crippen molar-refractivity contribution in [3.8, 4) is 11.6 Å². The smallest absolute Gasteiger partial charge is 0.231 e. The molecule has 0 aliphatic heterocycles. The van der Waals surface area contributed by atoms with Crippen molar-refractivity contribution in [1.29, 1.82) is 0 Å². The molecule has 0 bridgehead atoms. The molecule has 1 aromatic heterocycles. The van der Waals surface area contributed by atoms with E-state index in [-0.39, 0.29) is 30.9 Å². The minimum atomic E-state index is -0.289. The Morgan fingerprint density at radius 3 is 2.62 bits per heavy atom. The summed E-state index contributed by atoms with van der Waals surface area (Å²) in [5, 5.41) is 0. The summed E-state index contributed by atoms with van der Waals surface area (Å²) in [6.45, 7) is 0. The molecule has 2 rings (SSSR count). The molecule has 0 saturated heterocycles. The van der Waals surface area contributed by atoms with Gasteiger partial charge in [-0.2, -0.15) is 0 Å². The van der Waals surface area contributed by atoms with Crippen LogP contribution in [-0.2, 0) is 19.5 Å². The average molecular weight is 304 g/mol. The fourth-order valence-electron chi connectivity index (χ4n) is 1.27. The summed E-state index contributed by atoms with van der Waals surface area (Å²) in [6.07, 6.45) is 4.09. The third-order valence-electron chi connectivity index (χ3n) is 1.98. The second-order valence-electron chi connectivity index (χ2n) is 2.89. The second kappa shape index (κ2) is 5.56. The van der Waals surface area contributed by atoms with Gasteiger partial charge in [0, 0.05) is 25.2 Å². The van der Waals surface area contributed by atoms with E-state index in [1.807, 2.05) is 30.3 Å². The molecule has 0 unspecified atom stereocenters. The fourth-order valence-corrected chi connectivity index (χ4v) is 1.27. The summed E-state index contributed by atoms with van der Waals surface area (Å²) < 4.78 is 6.27. The Morgan fingerprint density at radius 1 is 1.31 bits per heavy atom. The SMILES string of the molecule is COc1n[c-]cn(-c2ccccc2)c1=O.[Rh]. The van der Waals surface area contributed by atoms with Gasteiger partial charge in [-0.05, 0) is 12.1 Å². The van der Waals surface area contributed by atoms with Crippen LogP contribution in [0.5, 0.6) is 5.88 Å². The molecule has 1 radical (unpaired) electrons. The maximum absolute atomic E-state index is 11.8. The largest absolute Gasteiger partial charge is 0.561 e. The molecule has 16 heavy (non-hydrogen) atoms. The van der Waals surface area contributed by atoms with Crippen molar-refractivity contribution in [1.82, 2.24) is 9.55 Å². The number of methoxy groups -OCH3 is 1. The monoisotopic (exact) mass is 304 g/mol. The van der Waals surface area contributed by atoms with Crippen LogP contribution < -0.4 is 10.3 Å². The number of hydrogen-bond acceptors (Lipinski definition) is 3. The van der Waals surface area contributed by atoms with Gasteiger partial charge in [0.25, 0.3) is 0 Å². The van der Waals surface area contributed by atoms with Gasteiger partial charge in [-0.3, -0.25) is 4.79 Å². The first-order valence-corrected chi connectivity index (χ1v) is 4.42. The zero-order valence-electron chi connectivity index (χ0n) is 8.51. The molecule has 0 atom stereocenters. The Kier molecular flexibility index (Phi) is 4.38. The third-order valence-corrected chi connectivity index (χ3v) is 1.98. The van der Waals surface area contributed by atoms with Crippen molar-refractivity contribution in [2.75, 3.05) is 7.11 Å². The van der Waals surface area contributed by atoms with E-state index >= 15 is 0 Å². The molecule has 0 spiro atoms. The topological polar surface area (TPSA) is 44.1 Å². The second-order valence-corrected chi connectivity index (χ2v) is 2.89. The van der Waals surface area contributed by atoms with Gasteiger partial charge in [-0.1, -0.05) is 24.4 Å². The van der Waals surface area contributed by atoms with E-state index in [0.717, 1.165) is 5.69 Å². The van der Waals surface area contributed by atoms with Crippen LogP contribution in [0.3, 0.4) is 0 Å². The van der Waals surface area contributed by atoms with E-state index in [0.29, 0.717) is 0 Å². The van der Waals surface area contributed by atoms with Crippen molar-refractivity contribution < 1.29 is 24.2 Å². The van der Waals surface area contributed by atoms with E-state index in [1.165, 1.54) is 17.9 Å². The van der Waals surface area contributed by atoms with Gasteiger partial charge in [0.05, 0.1) is 7.11 Å². The summed E-state index contributed by atoms with van der Waals surface area (Å²) in [4.78, 5) is 15.5. The van der Waals surface area contributed by atoms with Gasteiger partial charge < -0.3 is 14.3 Å². The molecule has 2 aromatic rings. The summed E-state index contributed by atoms with van der Waals surface area (Å²) in [5.41, 5.74) is 0.474. The number of para-hydroxylation sites is 1. The maximum atomic E-state index is 11.8. The Balaban J connectivity index is 0.00000128. The summed E-state index contributed by atoms with van der Waals surface area (Å²) >= 11 is 0. The molecule has 5 heteroatoms. The molecule has 0 amide bonds. The molecule has 4 nitrogen and oxygen atoms in total. The van der Waals surface area contributed by atoms with Crippen LogP contribution >= 0.6 is 0 Å². The summed E-state index contributed by atoms with van der Waals surface area (Å²) in [7, 11) is 1.41. The Morgan fingerprint density at radius 2 is 2.00 bits per heavy atom. The molecular weight excluding hydrogens is 295 g/mol. The van der Waals surface area contributed by atoms with E-state index < -0.39 is 0 Å². The molecule has 0 aliphatic carbocycles. The minimum Gasteiger partial charge on any atom is -0.561 e. The molecule has 85 valence electrons. The first kappa shape index (κ1) is 12.6. The predicted molar refractivity (Wildman–Crippen MR) is 55.2 cm³/mol.